The minimum atomic E-state index is -3.13. The van der Waals surface area contributed by atoms with Crippen molar-refractivity contribution in [2.75, 3.05) is 18.1 Å². The first-order valence-corrected chi connectivity index (χ1v) is 11.0. The molecule has 8 heteroatoms. The minimum Gasteiger partial charge on any atom is -0.489 e. The van der Waals surface area contributed by atoms with E-state index in [4.69, 9.17) is 9.47 Å². The van der Waals surface area contributed by atoms with E-state index in [0.29, 0.717) is 24.3 Å². The normalized spacial score (nSPS) is 20.0. The fraction of sp³-hybridized carbons (Fsp3) is 0.333. The van der Waals surface area contributed by atoms with E-state index in [0.717, 1.165) is 5.56 Å². The van der Waals surface area contributed by atoms with E-state index in [2.05, 4.69) is 5.32 Å². The van der Waals surface area contributed by atoms with Gasteiger partial charge in [0.05, 0.1) is 22.6 Å². The van der Waals surface area contributed by atoms with Gasteiger partial charge in [-0.05, 0) is 43.2 Å². The molecule has 3 rings (SSSR count). The maximum absolute atomic E-state index is 12.1. The minimum absolute atomic E-state index is 0.0439. The summed E-state index contributed by atoms with van der Waals surface area (Å²) >= 11 is 0. The van der Waals surface area contributed by atoms with Crippen LogP contribution >= 0.6 is 0 Å². The molecule has 1 amide bonds. The van der Waals surface area contributed by atoms with Crippen LogP contribution in [0.3, 0.4) is 0 Å². The van der Waals surface area contributed by atoms with Crippen molar-refractivity contribution in [2.45, 2.75) is 25.5 Å². The van der Waals surface area contributed by atoms with E-state index < -0.39 is 33.9 Å². The van der Waals surface area contributed by atoms with Gasteiger partial charge in [-0.2, -0.15) is 0 Å². The van der Waals surface area contributed by atoms with Gasteiger partial charge >= 0.3 is 5.97 Å². The Hall–Kier alpha value is -2.87. The lowest BCUT2D eigenvalue weighted by atomic mass is 10.0. The van der Waals surface area contributed by atoms with Crippen LogP contribution in [0.5, 0.6) is 5.75 Å². The van der Waals surface area contributed by atoms with Gasteiger partial charge in [0.25, 0.3) is 5.91 Å². The van der Waals surface area contributed by atoms with E-state index in [-0.39, 0.29) is 11.5 Å². The van der Waals surface area contributed by atoms with Crippen LogP contribution in [-0.2, 0) is 26.0 Å². The average molecular weight is 417 g/mol. The molecule has 1 atom stereocenters. The zero-order valence-corrected chi connectivity index (χ0v) is 16.9. The number of hydrogen-bond donors (Lipinski definition) is 1. The van der Waals surface area contributed by atoms with Crippen molar-refractivity contribution >= 4 is 21.7 Å². The van der Waals surface area contributed by atoms with E-state index in [9.17, 15) is 18.0 Å². The molecule has 0 aromatic heterocycles. The van der Waals surface area contributed by atoms with Gasteiger partial charge in [-0.3, -0.25) is 4.79 Å². The van der Waals surface area contributed by atoms with Gasteiger partial charge in [0.2, 0.25) is 0 Å². The van der Waals surface area contributed by atoms with Gasteiger partial charge < -0.3 is 14.8 Å². The molecule has 0 aliphatic carbocycles. The predicted molar refractivity (Wildman–Crippen MR) is 107 cm³/mol. The molecule has 29 heavy (non-hydrogen) atoms. The van der Waals surface area contributed by atoms with Crippen LogP contribution in [0.2, 0.25) is 0 Å². The van der Waals surface area contributed by atoms with Crippen molar-refractivity contribution in [3.63, 3.8) is 0 Å². The maximum Gasteiger partial charge on any atom is 0.338 e. The summed E-state index contributed by atoms with van der Waals surface area (Å²) in [4.78, 5) is 24.1. The maximum atomic E-state index is 12.1. The number of carbonyl (C=O) groups is 2. The summed E-state index contributed by atoms with van der Waals surface area (Å²) in [6, 6.07) is 16.1. The standard InChI is InChI=1S/C21H23NO6S/c1-21(11-12-29(25,26)15-21)22-19(23)14-28-20(24)17-7-9-18(10-8-17)27-13-16-5-3-2-4-6-16/h2-10H,11-15H2,1H3,(H,22,23). The molecule has 0 radical (unpaired) electrons. The number of ether oxygens (including phenoxy) is 2. The van der Waals surface area contributed by atoms with Gasteiger partial charge in [-0.1, -0.05) is 30.3 Å². The van der Waals surface area contributed by atoms with Crippen LogP contribution in [0.4, 0.5) is 0 Å². The van der Waals surface area contributed by atoms with Crippen LogP contribution < -0.4 is 10.1 Å². The number of esters is 1. The number of benzene rings is 2. The largest absolute Gasteiger partial charge is 0.489 e. The smallest absolute Gasteiger partial charge is 0.338 e. The van der Waals surface area contributed by atoms with Gasteiger partial charge in [0.15, 0.2) is 16.4 Å². The Labute approximate surface area is 169 Å². The topological polar surface area (TPSA) is 98.8 Å². The molecule has 1 aliphatic rings. The second-order valence-corrected chi connectivity index (χ2v) is 9.51. The van der Waals surface area contributed by atoms with Crippen molar-refractivity contribution in [1.82, 2.24) is 5.32 Å². The van der Waals surface area contributed by atoms with Crippen molar-refractivity contribution in [3.05, 3.63) is 65.7 Å². The van der Waals surface area contributed by atoms with Crippen molar-refractivity contribution in [3.8, 4) is 5.75 Å². The zero-order valence-electron chi connectivity index (χ0n) is 16.1. The SMILES string of the molecule is CC1(NC(=O)COC(=O)c2ccc(OCc3ccccc3)cc2)CCS(=O)(=O)C1. The molecule has 0 spiro atoms. The summed E-state index contributed by atoms with van der Waals surface area (Å²) in [5, 5.41) is 2.64. The molecule has 1 heterocycles. The third-order valence-corrected chi connectivity index (χ3v) is 6.52. The number of carbonyl (C=O) groups excluding carboxylic acids is 2. The lowest BCUT2D eigenvalue weighted by molar-refractivity contribution is -0.125. The summed E-state index contributed by atoms with van der Waals surface area (Å²) in [5.74, 6) is -0.620. The fourth-order valence-corrected chi connectivity index (χ4v) is 5.22. The molecule has 1 unspecified atom stereocenters. The summed E-state index contributed by atoms with van der Waals surface area (Å²) in [6.07, 6.45) is 0.347. The second-order valence-electron chi connectivity index (χ2n) is 7.33. The first kappa shape index (κ1) is 20.9. The highest BCUT2D eigenvalue weighted by molar-refractivity contribution is 7.91. The Morgan fingerprint density at radius 2 is 1.76 bits per heavy atom. The van der Waals surface area contributed by atoms with E-state index in [1.807, 2.05) is 30.3 Å². The molecular formula is C21H23NO6S. The molecule has 0 bridgehead atoms. The quantitative estimate of drug-likeness (QED) is 0.693. The highest BCUT2D eigenvalue weighted by atomic mass is 32.2. The third kappa shape index (κ3) is 6.05. The first-order chi connectivity index (χ1) is 13.7. The molecule has 2 aromatic carbocycles. The Bertz CT molecular complexity index is 972. The molecule has 1 fully saturated rings. The number of sulfone groups is 1. The van der Waals surface area contributed by atoms with Gasteiger partial charge in [0.1, 0.15) is 12.4 Å². The van der Waals surface area contributed by atoms with E-state index in [1.165, 1.54) is 0 Å². The van der Waals surface area contributed by atoms with Crippen LogP contribution in [0.25, 0.3) is 0 Å². The number of rotatable bonds is 7. The summed E-state index contributed by atoms with van der Waals surface area (Å²) in [7, 11) is -3.13. The predicted octanol–water partition coefficient (Wildman–Crippen LogP) is 2.12. The summed E-state index contributed by atoms with van der Waals surface area (Å²) < 4.78 is 33.9. The average Bonchev–Trinajstić information content (AvgIpc) is 2.98. The van der Waals surface area contributed by atoms with Gasteiger partial charge in [0, 0.05) is 0 Å². The molecule has 1 aliphatic heterocycles. The molecule has 0 saturated carbocycles. The fourth-order valence-electron chi connectivity index (χ4n) is 3.12. The monoisotopic (exact) mass is 417 g/mol. The number of hydrogen-bond acceptors (Lipinski definition) is 6. The van der Waals surface area contributed by atoms with Crippen LogP contribution in [0.15, 0.2) is 54.6 Å². The van der Waals surface area contributed by atoms with Crippen molar-refractivity contribution < 1.29 is 27.5 Å². The number of amides is 1. The first-order valence-electron chi connectivity index (χ1n) is 9.20. The lowest BCUT2D eigenvalue weighted by Crippen LogP contribution is -2.48. The summed E-state index contributed by atoms with van der Waals surface area (Å²) in [5.41, 5.74) is 0.505. The van der Waals surface area contributed by atoms with E-state index >= 15 is 0 Å². The number of nitrogens with one attached hydrogen (secondary N) is 1. The van der Waals surface area contributed by atoms with Crippen molar-refractivity contribution in [1.29, 1.82) is 0 Å². The zero-order chi connectivity index (χ0) is 20.9. The molecule has 7 nitrogen and oxygen atoms in total. The van der Waals surface area contributed by atoms with Crippen molar-refractivity contribution in [2.24, 2.45) is 0 Å². The molecule has 154 valence electrons. The van der Waals surface area contributed by atoms with E-state index in [1.54, 1.807) is 31.2 Å². The Balaban J connectivity index is 1.46. The molecular weight excluding hydrogens is 394 g/mol. The highest BCUT2D eigenvalue weighted by Gasteiger charge is 2.39. The Kier molecular flexibility index (Phi) is 6.22. The molecule has 1 saturated heterocycles. The Morgan fingerprint density at radius 1 is 1.07 bits per heavy atom. The molecule has 1 N–H and O–H groups in total. The van der Waals surface area contributed by atoms with Crippen LogP contribution in [0.1, 0.15) is 29.3 Å². The lowest BCUT2D eigenvalue weighted by Gasteiger charge is -2.23. The van der Waals surface area contributed by atoms with Crippen LogP contribution in [-0.4, -0.2) is 43.9 Å². The van der Waals surface area contributed by atoms with Crippen LogP contribution in [0, 0.1) is 0 Å². The second kappa shape index (κ2) is 8.65. The van der Waals surface area contributed by atoms with Gasteiger partial charge in [-0.15, -0.1) is 0 Å². The third-order valence-electron chi connectivity index (χ3n) is 4.62. The Morgan fingerprint density at radius 3 is 2.38 bits per heavy atom. The summed E-state index contributed by atoms with van der Waals surface area (Å²) in [6.45, 7) is 1.62. The molecule has 2 aromatic rings. The van der Waals surface area contributed by atoms with Gasteiger partial charge in [-0.25, -0.2) is 13.2 Å². The highest BCUT2D eigenvalue weighted by Crippen LogP contribution is 2.22.